The molecule has 0 saturated carbocycles. The van der Waals surface area contributed by atoms with E-state index in [9.17, 15) is 13.2 Å². The first-order chi connectivity index (χ1) is 15.2. The standard InChI is InChI=1S/C23H23ClN2O5S/c1-15-4-5-18(14-22(15)24)26-32(28,29)21-12-6-17(7-13-21)25-23(27)16(2)31-20-10-8-19(30-3)9-11-20/h4-14,16,26H,1-3H3,(H,25,27)/t16-/m0/s1. The maximum Gasteiger partial charge on any atom is 0.265 e. The van der Waals surface area contributed by atoms with Crippen molar-refractivity contribution >= 4 is 38.9 Å². The first-order valence-corrected chi connectivity index (χ1v) is 11.5. The minimum Gasteiger partial charge on any atom is -0.497 e. The van der Waals surface area contributed by atoms with Crippen molar-refractivity contribution in [1.82, 2.24) is 0 Å². The normalized spacial score (nSPS) is 12.0. The van der Waals surface area contributed by atoms with Crippen LogP contribution in [-0.4, -0.2) is 27.5 Å². The molecule has 0 heterocycles. The Labute approximate surface area is 192 Å². The van der Waals surface area contributed by atoms with Gasteiger partial charge in [-0.25, -0.2) is 8.42 Å². The second kappa shape index (κ2) is 9.93. The molecule has 0 aliphatic rings. The fourth-order valence-electron chi connectivity index (χ4n) is 2.74. The van der Waals surface area contributed by atoms with Gasteiger partial charge in [-0.1, -0.05) is 17.7 Å². The Balaban J connectivity index is 1.62. The molecular weight excluding hydrogens is 452 g/mol. The van der Waals surface area contributed by atoms with E-state index in [-0.39, 0.29) is 10.8 Å². The van der Waals surface area contributed by atoms with Crippen LogP contribution in [0.15, 0.2) is 71.6 Å². The second-order valence-electron chi connectivity index (χ2n) is 7.02. The summed E-state index contributed by atoms with van der Waals surface area (Å²) in [6, 6.07) is 17.6. The molecule has 0 aromatic heterocycles. The molecule has 0 aliphatic carbocycles. The zero-order valence-corrected chi connectivity index (χ0v) is 19.3. The number of carbonyl (C=O) groups excluding carboxylic acids is 1. The number of hydrogen-bond donors (Lipinski definition) is 2. The number of rotatable bonds is 8. The molecule has 168 valence electrons. The molecule has 0 fully saturated rings. The Morgan fingerprint density at radius 1 is 0.938 bits per heavy atom. The SMILES string of the molecule is COc1ccc(O[C@@H](C)C(=O)Nc2ccc(S(=O)(=O)Nc3ccc(C)c(Cl)c3)cc2)cc1. The van der Waals surface area contributed by atoms with Crippen molar-refractivity contribution in [2.75, 3.05) is 17.1 Å². The summed E-state index contributed by atoms with van der Waals surface area (Å²) in [5.41, 5.74) is 1.65. The number of carbonyl (C=O) groups is 1. The maximum atomic E-state index is 12.6. The smallest absolute Gasteiger partial charge is 0.265 e. The molecular formula is C23H23ClN2O5S. The van der Waals surface area contributed by atoms with E-state index in [4.69, 9.17) is 21.1 Å². The van der Waals surface area contributed by atoms with Crippen LogP contribution in [0.1, 0.15) is 12.5 Å². The minimum atomic E-state index is -3.81. The van der Waals surface area contributed by atoms with E-state index in [0.717, 1.165) is 5.56 Å². The molecule has 1 atom stereocenters. The summed E-state index contributed by atoms with van der Waals surface area (Å²) in [6.07, 6.45) is -0.764. The van der Waals surface area contributed by atoms with Crippen molar-refractivity contribution in [3.05, 3.63) is 77.3 Å². The molecule has 0 saturated heterocycles. The number of nitrogens with one attached hydrogen (secondary N) is 2. The predicted molar refractivity (Wildman–Crippen MR) is 125 cm³/mol. The van der Waals surface area contributed by atoms with Crippen LogP contribution < -0.4 is 19.5 Å². The first kappa shape index (κ1) is 23.4. The van der Waals surface area contributed by atoms with Gasteiger partial charge < -0.3 is 14.8 Å². The van der Waals surface area contributed by atoms with E-state index in [1.165, 1.54) is 24.3 Å². The second-order valence-corrected chi connectivity index (χ2v) is 9.11. The monoisotopic (exact) mass is 474 g/mol. The lowest BCUT2D eigenvalue weighted by Crippen LogP contribution is -2.30. The average Bonchev–Trinajstić information content (AvgIpc) is 2.77. The third kappa shape index (κ3) is 5.93. The van der Waals surface area contributed by atoms with Crippen molar-refractivity contribution in [3.63, 3.8) is 0 Å². The molecule has 1 amide bonds. The molecule has 0 aliphatic heterocycles. The molecule has 3 aromatic rings. The molecule has 0 unspecified atom stereocenters. The Morgan fingerprint density at radius 2 is 1.53 bits per heavy atom. The number of hydrogen-bond acceptors (Lipinski definition) is 5. The number of aryl methyl sites for hydroxylation is 1. The molecule has 3 aromatic carbocycles. The van der Waals surface area contributed by atoms with Crippen molar-refractivity contribution < 1.29 is 22.7 Å². The van der Waals surface area contributed by atoms with E-state index in [1.807, 2.05) is 6.92 Å². The molecule has 3 rings (SSSR count). The van der Waals surface area contributed by atoms with Crippen LogP contribution in [0.4, 0.5) is 11.4 Å². The third-order valence-electron chi connectivity index (χ3n) is 4.60. The summed E-state index contributed by atoms with van der Waals surface area (Å²) in [7, 11) is -2.24. The Morgan fingerprint density at radius 3 is 2.12 bits per heavy atom. The average molecular weight is 475 g/mol. The van der Waals surface area contributed by atoms with Gasteiger partial charge in [-0.3, -0.25) is 9.52 Å². The fourth-order valence-corrected chi connectivity index (χ4v) is 3.97. The van der Waals surface area contributed by atoms with E-state index < -0.39 is 16.1 Å². The number of ether oxygens (including phenoxy) is 2. The lowest BCUT2D eigenvalue weighted by Gasteiger charge is -2.15. The van der Waals surface area contributed by atoms with Gasteiger partial charge in [0.05, 0.1) is 17.7 Å². The van der Waals surface area contributed by atoms with Crippen LogP contribution in [0, 0.1) is 6.92 Å². The van der Waals surface area contributed by atoms with Gasteiger partial charge in [-0.2, -0.15) is 0 Å². The van der Waals surface area contributed by atoms with E-state index in [1.54, 1.807) is 56.5 Å². The largest absolute Gasteiger partial charge is 0.497 e. The Hall–Kier alpha value is -3.23. The van der Waals surface area contributed by atoms with Crippen molar-refractivity contribution in [1.29, 1.82) is 0 Å². The highest BCUT2D eigenvalue weighted by Crippen LogP contribution is 2.23. The summed E-state index contributed by atoms with van der Waals surface area (Å²) in [6.45, 7) is 3.45. The Kier molecular flexibility index (Phi) is 7.27. The van der Waals surface area contributed by atoms with E-state index in [2.05, 4.69) is 10.0 Å². The van der Waals surface area contributed by atoms with Crippen LogP contribution in [0.3, 0.4) is 0 Å². The van der Waals surface area contributed by atoms with E-state index in [0.29, 0.717) is 27.9 Å². The first-order valence-electron chi connectivity index (χ1n) is 9.68. The highest BCUT2D eigenvalue weighted by atomic mass is 35.5. The molecule has 0 spiro atoms. The lowest BCUT2D eigenvalue weighted by molar-refractivity contribution is -0.122. The van der Waals surface area contributed by atoms with Crippen LogP contribution >= 0.6 is 11.6 Å². The lowest BCUT2D eigenvalue weighted by atomic mass is 10.2. The number of methoxy groups -OCH3 is 1. The minimum absolute atomic E-state index is 0.0507. The topological polar surface area (TPSA) is 93.7 Å². The summed E-state index contributed by atoms with van der Waals surface area (Å²) in [5.74, 6) is 0.838. The van der Waals surface area contributed by atoms with E-state index >= 15 is 0 Å². The number of anilines is 2. The van der Waals surface area contributed by atoms with Gasteiger partial charge in [0.2, 0.25) is 0 Å². The predicted octanol–water partition coefficient (Wildman–Crippen LogP) is 4.86. The molecule has 7 nitrogen and oxygen atoms in total. The summed E-state index contributed by atoms with van der Waals surface area (Å²) in [4.78, 5) is 12.5. The van der Waals surface area contributed by atoms with Crippen LogP contribution in [0.5, 0.6) is 11.5 Å². The van der Waals surface area contributed by atoms with Gasteiger partial charge in [0, 0.05) is 10.7 Å². The summed E-state index contributed by atoms with van der Waals surface area (Å²) < 4.78 is 38.4. The quantitative estimate of drug-likeness (QED) is 0.486. The fraction of sp³-hybridized carbons (Fsp3) is 0.174. The zero-order chi connectivity index (χ0) is 23.3. The molecule has 2 N–H and O–H groups in total. The van der Waals surface area contributed by atoms with Gasteiger partial charge >= 0.3 is 0 Å². The van der Waals surface area contributed by atoms with Crippen molar-refractivity contribution in [2.45, 2.75) is 24.8 Å². The highest BCUT2D eigenvalue weighted by Gasteiger charge is 2.17. The van der Waals surface area contributed by atoms with Gasteiger partial charge in [-0.15, -0.1) is 0 Å². The van der Waals surface area contributed by atoms with Crippen LogP contribution in [0.2, 0.25) is 5.02 Å². The van der Waals surface area contributed by atoms with Gasteiger partial charge in [-0.05, 0) is 80.1 Å². The molecule has 0 radical (unpaired) electrons. The summed E-state index contributed by atoms with van der Waals surface area (Å²) in [5, 5.41) is 3.17. The van der Waals surface area contributed by atoms with Crippen molar-refractivity contribution in [3.8, 4) is 11.5 Å². The Bertz CT molecular complexity index is 1200. The molecule has 32 heavy (non-hydrogen) atoms. The third-order valence-corrected chi connectivity index (χ3v) is 6.40. The van der Waals surface area contributed by atoms with Crippen LogP contribution in [0.25, 0.3) is 0 Å². The number of halogens is 1. The summed E-state index contributed by atoms with van der Waals surface area (Å²) >= 11 is 6.06. The highest BCUT2D eigenvalue weighted by molar-refractivity contribution is 7.92. The number of sulfonamides is 1. The molecule has 0 bridgehead atoms. The van der Waals surface area contributed by atoms with Gasteiger partial charge in [0.25, 0.3) is 15.9 Å². The van der Waals surface area contributed by atoms with Crippen LogP contribution in [-0.2, 0) is 14.8 Å². The molecule has 9 heteroatoms. The number of benzene rings is 3. The van der Waals surface area contributed by atoms with Gasteiger partial charge in [0.1, 0.15) is 11.5 Å². The number of amides is 1. The van der Waals surface area contributed by atoms with Gasteiger partial charge in [0.15, 0.2) is 6.10 Å². The zero-order valence-electron chi connectivity index (χ0n) is 17.8. The maximum absolute atomic E-state index is 12.6. The van der Waals surface area contributed by atoms with Crippen molar-refractivity contribution in [2.24, 2.45) is 0 Å².